The zero-order valence-electron chi connectivity index (χ0n) is 17.0. The molecule has 148 valence electrons. The zero-order valence-corrected chi connectivity index (χ0v) is 17.0. The minimum atomic E-state index is 0.131. The van der Waals surface area contributed by atoms with Crippen LogP contribution in [0.1, 0.15) is 67.8 Å². The fourth-order valence-corrected chi connectivity index (χ4v) is 4.67. The first-order chi connectivity index (χ1) is 13.0. The van der Waals surface area contributed by atoms with Gasteiger partial charge in [-0.15, -0.1) is 0 Å². The maximum Gasteiger partial charge on any atom is 0.320 e. The highest BCUT2D eigenvalue weighted by molar-refractivity contribution is 5.75. The molecule has 3 aliphatic rings. The number of hydrogen-bond donors (Lipinski definition) is 1. The second kappa shape index (κ2) is 7.80. The smallest absolute Gasteiger partial charge is 0.320 e. The molecule has 4 rings (SSSR count). The van der Waals surface area contributed by atoms with Crippen LogP contribution in [0.25, 0.3) is 0 Å². The monoisotopic (exact) mass is 371 g/mol. The molecule has 0 bridgehead atoms. The zero-order chi connectivity index (χ0) is 19.0. The van der Waals surface area contributed by atoms with E-state index in [1.165, 1.54) is 35.1 Å². The van der Waals surface area contributed by atoms with Gasteiger partial charge in [-0.05, 0) is 60.9 Å². The van der Waals surface area contributed by atoms with Gasteiger partial charge in [-0.1, -0.05) is 26.0 Å². The molecule has 0 aromatic heterocycles. The van der Waals surface area contributed by atoms with Crippen molar-refractivity contribution in [3.8, 4) is 0 Å². The summed E-state index contributed by atoms with van der Waals surface area (Å²) in [6.45, 7) is 11.3. The Hall–Kier alpha value is -1.59. The lowest BCUT2D eigenvalue weighted by Crippen LogP contribution is -2.51. The largest absolute Gasteiger partial charge is 0.375 e. The normalized spacial score (nSPS) is 25.8. The van der Waals surface area contributed by atoms with E-state index in [9.17, 15) is 4.79 Å². The molecule has 0 aliphatic carbocycles. The van der Waals surface area contributed by atoms with E-state index in [4.69, 9.17) is 4.74 Å². The molecule has 5 nitrogen and oxygen atoms in total. The van der Waals surface area contributed by atoms with Gasteiger partial charge in [0.1, 0.15) is 0 Å². The van der Waals surface area contributed by atoms with E-state index >= 15 is 0 Å². The molecule has 3 aliphatic heterocycles. The minimum Gasteiger partial charge on any atom is -0.375 e. The van der Waals surface area contributed by atoms with Gasteiger partial charge in [-0.2, -0.15) is 0 Å². The van der Waals surface area contributed by atoms with Gasteiger partial charge in [0.2, 0.25) is 0 Å². The standard InChI is InChI=1S/C22H33N3O2/c1-15(2)18-11-17-6-8-24(22(26)25-9-10-27-16(3)13-25)14-20(17)19(12-18)21-5-4-7-23-21/h11-12,15-16,21,23H,4-10,13-14H2,1-3H3/t16-,21+/m1/s1. The molecule has 2 amide bonds. The van der Waals surface area contributed by atoms with E-state index in [1.54, 1.807) is 0 Å². The Morgan fingerprint density at radius 1 is 1.26 bits per heavy atom. The lowest BCUT2D eigenvalue weighted by Gasteiger charge is -2.38. The third kappa shape index (κ3) is 3.85. The van der Waals surface area contributed by atoms with Crippen LogP contribution in [0, 0.1) is 0 Å². The van der Waals surface area contributed by atoms with E-state index in [0.29, 0.717) is 31.7 Å². The number of nitrogens with one attached hydrogen (secondary N) is 1. The first-order valence-corrected chi connectivity index (χ1v) is 10.6. The van der Waals surface area contributed by atoms with E-state index in [0.717, 1.165) is 26.1 Å². The molecule has 5 heteroatoms. The van der Waals surface area contributed by atoms with Crippen LogP contribution in [-0.4, -0.2) is 54.7 Å². The van der Waals surface area contributed by atoms with Crippen molar-refractivity contribution in [2.24, 2.45) is 0 Å². The van der Waals surface area contributed by atoms with Crippen LogP contribution in [0.4, 0.5) is 4.79 Å². The van der Waals surface area contributed by atoms with Crippen molar-refractivity contribution in [3.63, 3.8) is 0 Å². The summed E-state index contributed by atoms with van der Waals surface area (Å²) < 4.78 is 5.60. The van der Waals surface area contributed by atoms with Crippen LogP contribution >= 0.6 is 0 Å². The van der Waals surface area contributed by atoms with Gasteiger partial charge < -0.3 is 19.9 Å². The van der Waals surface area contributed by atoms with Crippen molar-refractivity contribution in [1.29, 1.82) is 0 Å². The molecule has 2 saturated heterocycles. The Morgan fingerprint density at radius 3 is 2.81 bits per heavy atom. The molecule has 27 heavy (non-hydrogen) atoms. The predicted octanol–water partition coefficient (Wildman–Crippen LogP) is 3.43. The van der Waals surface area contributed by atoms with Crippen molar-refractivity contribution in [2.75, 3.05) is 32.8 Å². The van der Waals surface area contributed by atoms with Crippen LogP contribution in [0.15, 0.2) is 12.1 Å². The predicted molar refractivity (Wildman–Crippen MR) is 107 cm³/mol. The number of ether oxygens (including phenoxy) is 1. The first kappa shape index (κ1) is 18.8. The average molecular weight is 372 g/mol. The summed E-state index contributed by atoms with van der Waals surface area (Å²) in [4.78, 5) is 17.1. The van der Waals surface area contributed by atoms with E-state index in [-0.39, 0.29) is 12.1 Å². The molecular weight excluding hydrogens is 338 g/mol. The third-order valence-electron chi connectivity index (χ3n) is 6.28. The topological polar surface area (TPSA) is 44.8 Å². The molecule has 2 fully saturated rings. The number of carbonyl (C=O) groups is 1. The summed E-state index contributed by atoms with van der Waals surface area (Å²) in [6, 6.07) is 5.40. The second-order valence-electron chi connectivity index (χ2n) is 8.63. The van der Waals surface area contributed by atoms with Gasteiger partial charge in [-0.25, -0.2) is 4.79 Å². The summed E-state index contributed by atoms with van der Waals surface area (Å²) in [6.07, 6.45) is 3.52. The number of urea groups is 1. The lowest BCUT2D eigenvalue weighted by molar-refractivity contribution is -0.00975. The molecule has 3 heterocycles. The Balaban J connectivity index is 1.60. The van der Waals surface area contributed by atoms with Crippen LogP contribution in [0.2, 0.25) is 0 Å². The Morgan fingerprint density at radius 2 is 2.11 bits per heavy atom. The molecular formula is C22H33N3O2. The highest BCUT2D eigenvalue weighted by Crippen LogP contribution is 2.34. The van der Waals surface area contributed by atoms with Crippen molar-refractivity contribution in [2.45, 2.75) is 64.6 Å². The van der Waals surface area contributed by atoms with Crippen LogP contribution < -0.4 is 5.32 Å². The SMILES string of the molecule is CC(C)c1cc2c(c([C@@H]3CCCN3)c1)CN(C(=O)N1CCO[C@H](C)C1)CC2. The van der Waals surface area contributed by atoms with Crippen molar-refractivity contribution >= 4 is 6.03 Å². The summed E-state index contributed by atoms with van der Waals surface area (Å²) in [5, 5.41) is 3.67. The van der Waals surface area contributed by atoms with E-state index in [2.05, 4.69) is 31.3 Å². The fraction of sp³-hybridized carbons (Fsp3) is 0.682. The maximum absolute atomic E-state index is 13.1. The highest BCUT2D eigenvalue weighted by Gasteiger charge is 2.31. The lowest BCUT2D eigenvalue weighted by atomic mass is 9.86. The quantitative estimate of drug-likeness (QED) is 0.866. The summed E-state index contributed by atoms with van der Waals surface area (Å²) in [5.74, 6) is 0.532. The number of nitrogens with zero attached hydrogens (tertiary/aromatic N) is 2. The van der Waals surface area contributed by atoms with Crippen LogP contribution in [0.5, 0.6) is 0 Å². The van der Waals surface area contributed by atoms with Crippen LogP contribution in [-0.2, 0) is 17.7 Å². The highest BCUT2D eigenvalue weighted by atomic mass is 16.5. The summed E-state index contributed by atoms with van der Waals surface area (Å²) >= 11 is 0. The van der Waals surface area contributed by atoms with E-state index in [1.807, 2.05) is 16.7 Å². The molecule has 1 aromatic carbocycles. The molecule has 0 saturated carbocycles. The molecule has 0 radical (unpaired) electrons. The summed E-state index contributed by atoms with van der Waals surface area (Å²) in [7, 11) is 0. The molecule has 1 N–H and O–H groups in total. The van der Waals surface area contributed by atoms with Gasteiger partial charge in [0.15, 0.2) is 0 Å². The van der Waals surface area contributed by atoms with E-state index < -0.39 is 0 Å². The fourth-order valence-electron chi connectivity index (χ4n) is 4.67. The van der Waals surface area contributed by atoms with Crippen molar-refractivity contribution in [1.82, 2.24) is 15.1 Å². The minimum absolute atomic E-state index is 0.131. The number of fused-ring (bicyclic) bond motifs is 1. The number of carbonyl (C=O) groups excluding carboxylic acids is 1. The Kier molecular flexibility index (Phi) is 5.42. The molecule has 1 aromatic rings. The van der Waals surface area contributed by atoms with Gasteiger partial charge in [0, 0.05) is 32.2 Å². The number of amides is 2. The van der Waals surface area contributed by atoms with Gasteiger partial charge in [0.25, 0.3) is 0 Å². The molecule has 0 unspecified atom stereocenters. The number of rotatable bonds is 2. The average Bonchev–Trinajstić information content (AvgIpc) is 3.20. The van der Waals surface area contributed by atoms with Gasteiger partial charge in [-0.3, -0.25) is 0 Å². The maximum atomic E-state index is 13.1. The number of hydrogen-bond acceptors (Lipinski definition) is 3. The number of benzene rings is 1. The van der Waals surface area contributed by atoms with Gasteiger partial charge in [0.05, 0.1) is 12.7 Å². The molecule has 2 atom stereocenters. The third-order valence-corrected chi connectivity index (χ3v) is 6.28. The van der Waals surface area contributed by atoms with Crippen LogP contribution in [0.3, 0.4) is 0 Å². The Labute approximate surface area is 163 Å². The van der Waals surface area contributed by atoms with Crippen molar-refractivity contribution in [3.05, 3.63) is 34.4 Å². The summed E-state index contributed by atoms with van der Waals surface area (Å²) in [5.41, 5.74) is 5.70. The first-order valence-electron chi connectivity index (χ1n) is 10.6. The number of morpholine rings is 1. The Bertz CT molecular complexity index is 697. The molecule has 0 spiro atoms. The van der Waals surface area contributed by atoms with Gasteiger partial charge >= 0.3 is 6.03 Å². The second-order valence-corrected chi connectivity index (χ2v) is 8.63. The van der Waals surface area contributed by atoms with Crippen molar-refractivity contribution < 1.29 is 9.53 Å².